The molecule has 2 aromatic carbocycles. The number of benzene rings is 2. The van der Waals surface area contributed by atoms with Crippen molar-refractivity contribution in [3.8, 4) is 0 Å². The summed E-state index contributed by atoms with van der Waals surface area (Å²) in [4.78, 5) is 12.1. The molecule has 5 aromatic rings. The number of fused-ring (bicyclic) bond motifs is 3. The monoisotopic (exact) mass is 499 g/mol. The highest BCUT2D eigenvalue weighted by molar-refractivity contribution is 7.90. The van der Waals surface area contributed by atoms with Gasteiger partial charge in [0.2, 0.25) is 0 Å². The SMILES string of the molecule is Cc1nc2cnc3c(ccn3S(=O)(=O)c3ccccc3)c2n1C1CCN(Cc2ccccc2)CC1C. The zero-order chi connectivity index (χ0) is 24.9. The number of nitrogens with zero attached hydrogens (tertiary/aromatic N) is 5. The number of hydrogen-bond donors (Lipinski definition) is 0. The van der Waals surface area contributed by atoms with E-state index in [1.54, 1.807) is 36.7 Å². The smallest absolute Gasteiger partial charge is 0.269 e. The minimum Gasteiger partial charge on any atom is -0.324 e. The fourth-order valence-corrected chi connectivity index (χ4v) is 6.98. The van der Waals surface area contributed by atoms with Crippen molar-refractivity contribution in [2.45, 2.75) is 37.8 Å². The number of aromatic nitrogens is 4. The first-order valence-corrected chi connectivity index (χ1v) is 13.8. The average Bonchev–Trinajstić information content (AvgIpc) is 3.46. The Hall–Kier alpha value is -3.49. The number of piperidine rings is 1. The summed E-state index contributed by atoms with van der Waals surface area (Å²) in [5.41, 5.74) is 3.53. The molecule has 2 atom stereocenters. The van der Waals surface area contributed by atoms with Gasteiger partial charge in [-0.3, -0.25) is 4.90 Å². The van der Waals surface area contributed by atoms with Crippen molar-refractivity contribution in [2.24, 2.45) is 5.92 Å². The van der Waals surface area contributed by atoms with Crippen LogP contribution >= 0.6 is 0 Å². The van der Waals surface area contributed by atoms with Crippen molar-refractivity contribution in [3.05, 3.63) is 90.5 Å². The molecule has 36 heavy (non-hydrogen) atoms. The van der Waals surface area contributed by atoms with Gasteiger partial charge in [0.25, 0.3) is 10.0 Å². The summed E-state index contributed by atoms with van der Waals surface area (Å²) in [6.07, 6.45) is 4.32. The van der Waals surface area contributed by atoms with E-state index in [-0.39, 0.29) is 10.9 Å². The van der Waals surface area contributed by atoms with Crippen molar-refractivity contribution in [3.63, 3.8) is 0 Å². The quantitative estimate of drug-likeness (QED) is 0.340. The molecule has 0 spiro atoms. The largest absolute Gasteiger partial charge is 0.324 e. The van der Waals surface area contributed by atoms with Crippen LogP contribution in [-0.4, -0.2) is 44.9 Å². The predicted octanol–water partition coefficient (Wildman–Crippen LogP) is 5.01. The van der Waals surface area contributed by atoms with Gasteiger partial charge in [-0.1, -0.05) is 55.5 Å². The maximum Gasteiger partial charge on any atom is 0.269 e. The second-order valence-corrected chi connectivity index (χ2v) is 11.6. The molecule has 6 rings (SSSR count). The molecule has 0 aliphatic carbocycles. The maximum atomic E-state index is 13.4. The normalized spacial score (nSPS) is 19.3. The average molecular weight is 500 g/mol. The number of rotatable bonds is 5. The van der Waals surface area contributed by atoms with Crippen molar-refractivity contribution < 1.29 is 8.42 Å². The molecule has 0 N–H and O–H groups in total. The lowest BCUT2D eigenvalue weighted by Crippen LogP contribution is -2.40. The summed E-state index contributed by atoms with van der Waals surface area (Å²) in [6, 6.07) is 21.2. The molecule has 0 radical (unpaired) electrons. The zero-order valence-electron chi connectivity index (χ0n) is 20.4. The molecule has 7 nitrogen and oxygen atoms in total. The van der Waals surface area contributed by atoms with Crippen LogP contribution in [0.1, 0.15) is 30.8 Å². The molecule has 184 valence electrons. The van der Waals surface area contributed by atoms with E-state index < -0.39 is 10.0 Å². The number of hydrogen-bond acceptors (Lipinski definition) is 5. The first-order valence-electron chi connectivity index (χ1n) is 12.3. The van der Waals surface area contributed by atoms with Gasteiger partial charge >= 0.3 is 0 Å². The standard InChI is InChI=1S/C28H29N5O2S/c1-20-18-31(19-22-9-5-3-6-10-22)15-14-26(20)33-21(2)30-25-17-29-28-24(27(25)33)13-16-32(28)36(34,35)23-11-7-4-8-12-23/h3-13,16-17,20,26H,14-15,18-19H2,1-2H3. The van der Waals surface area contributed by atoms with E-state index in [1.165, 1.54) is 9.54 Å². The Labute approximate surface area is 211 Å². The van der Waals surface area contributed by atoms with Gasteiger partial charge in [0.1, 0.15) is 11.3 Å². The third kappa shape index (κ3) is 3.81. The van der Waals surface area contributed by atoms with Gasteiger partial charge in [0, 0.05) is 37.3 Å². The topological polar surface area (TPSA) is 73.0 Å². The van der Waals surface area contributed by atoms with Crippen LogP contribution in [0.3, 0.4) is 0 Å². The number of imidazole rings is 1. The zero-order valence-corrected chi connectivity index (χ0v) is 21.3. The van der Waals surface area contributed by atoms with Gasteiger partial charge < -0.3 is 4.57 Å². The molecule has 8 heteroatoms. The molecule has 0 bridgehead atoms. The third-order valence-electron chi connectivity index (χ3n) is 7.33. The molecule has 1 aliphatic rings. The fourth-order valence-electron chi connectivity index (χ4n) is 5.66. The lowest BCUT2D eigenvalue weighted by Gasteiger charge is -2.38. The maximum absolute atomic E-state index is 13.4. The summed E-state index contributed by atoms with van der Waals surface area (Å²) in [5.74, 6) is 1.35. The van der Waals surface area contributed by atoms with Crippen LogP contribution in [-0.2, 0) is 16.6 Å². The van der Waals surface area contributed by atoms with E-state index in [4.69, 9.17) is 4.98 Å². The predicted molar refractivity (Wildman–Crippen MR) is 141 cm³/mol. The van der Waals surface area contributed by atoms with Gasteiger partial charge in [0.15, 0.2) is 5.65 Å². The summed E-state index contributed by atoms with van der Waals surface area (Å²) in [5, 5.41) is 0.812. The minimum atomic E-state index is -3.75. The second-order valence-electron chi connectivity index (χ2n) is 9.74. The van der Waals surface area contributed by atoms with Crippen LogP contribution < -0.4 is 0 Å². The van der Waals surface area contributed by atoms with Gasteiger partial charge in [-0.25, -0.2) is 22.4 Å². The molecular weight excluding hydrogens is 470 g/mol. The minimum absolute atomic E-state index is 0.244. The Morgan fingerprint density at radius 3 is 2.44 bits per heavy atom. The number of aryl methyl sites for hydroxylation is 1. The Morgan fingerprint density at radius 2 is 1.72 bits per heavy atom. The lowest BCUT2D eigenvalue weighted by molar-refractivity contribution is 0.128. The summed E-state index contributed by atoms with van der Waals surface area (Å²) in [7, 11) is -3.75. The van der Waals surface area contributed by atoms with Crippen LogP contribution in [0.5, 0.6) is 0 Å². The van der Waals surface area contributed by atoms with Crippen LogP contribution in [0, 0.1) is 12.8 Å². The van der Waals surface area contributed by atoms with Crippen molar-refractivity contribution >= 4 is 32.1 Å². The third-order valence-corrected chi connectivity index (χ3v) is 9.01. The molecule has 2 unspecified atom stereocenters. The van der Waals surface area contributed by atoms with Gasteiger partial charge in [0.05, 0.1) is 16.6 Å². The first kappa shape index (κ1) is 22.9. The number of likely N-dealkylation sites (tertiary alicyclic amines) is 1. The van der Waals surface area contributed by atoms with E-state index in [0.717, 1.165) is 48.3 Å². The molecular formula is C28H29N5O2S. The number of pyridine rings is 1. The summed E-state index contributed by atoms with van der Waals surface area (Å²) in [6.45, 7) is 7.29. The Morgan fingerprint density at radius 1 is 1.00 bits per heavy atom. The van der Waals surface area contributed by atoms with Crippen LogP contribution in [0.2, 0.25) is 0 Å². The molecule has 4 heterocycles. The molecule has 1 saturated heterocycles. The van der Waals surface area contributed by atoms with E-state index in [9.17, 15) is 8.42 Å². The highest BCUT2D eigenvalue weighted by Gasteiger charge is 2.31. The van der Waals surface area contributed by atoms with Gasteiger partial charge in [-0.2, -0.15) is 0 Å². The van der Waals surface area contributed by atoms with Gasteiger partial charge in [-0.15, -0.1) is 0 Å². The molecule has 1 aliphatic heterocycles. The van der Waals surface area contributed by atoms with E-state index in [0.29, 0.717) is 11.6 Å². The van der Waals surface area contributed by atoms with E-state index >= 15 is 0 Å². The van der Waals surface area contributed by atoms with Crippen molar-refractivity contribution in [1.29, 1.82) is 0 Å². The Balaban J connectivity index is 1.38. The van der Waals surface area contributed by atoms with Crippen LogP contribution in [0.4, 0.5) is 0 Å². The van der Waals surface area contributed by atoms with E-state index in [1.807, 2.05) is 19.1 Å². The Kier molecular flexibility index (Phi) is 5.65. The van der Waals surface area contributed by atoms with E-state index in [2.05, 4.69) is 51.7 Å². The van der Waals surface area contributed by atoms with Crippen molar-refractivity contribution in [1.82, 2.24) is 23.4 Å². The molecule has 0 saturated carbocycles. The Bertz CT molecular complexity index is 1640. The summed E-state index contributed by atoms with van der Waals surface area (Å²) >= 11 is 0. The van der Waals surface area contributed by atoms with Gasteiger partial charge in [-0.05, 0) is 43.0 Å². The molecule has 0 amide bonds. The highest BCUT2D eigenvalue weighted by Crippen LogP contribution is 2.36. The molecule has 1 fully saturated rings. The highest BCUT2D eigenvalue weighted by atomic mass is 32.2. The molecule has 3 aromatic heterocycles. The lowest BCUT2D eigenvalue weighted by atomic mass is 9.92. The second kappa shape index (κ2) is 8.87. The van der Waals surface area contributed by atoms with Crippen LogP contribution in [0.25, 0.3) is 22.1 Å². The van der Waals surface area contributed by atoms with Crippen LogP contribution in [0.15, 0.2) is 84.0 Å². The van der Waals surface area contributed by atoms with Crippen molar-refractivity contribution in [2.75, 3.05) is 13.1 Å². The summed E-state index contributed by atoms with van der Waals surface area (Å²) < 4.78 is 30.4. The first-order chi connectivity index (χ1) is 17.4. The fraction of sp³-hybridized carbons (Fsp3) is 0.286.